The van der Waals surface area contributed by atoms with Gasteiger partial charge in [-0.25, -0.2) is 0 Å². The van der Waals surface area contributed by atoms with Crippen LogP contribution in [-0.2, 0) is 6.61 Å². The fraction of sp³-hybridized carbons (Fsp3) is 0.389. The number of rotatable bonds is 8. The third-order valence-electron chi connectivity index (χ3n) is 3.71. The minimum atomic E-state index is -0.245. The van der Waals surface area contributed by atoms with Gasteiger partial charge in [-0.15, -0.1) is 0 Å². The molecule has 0 aliphatic carbocycles. The molecule has 0 saturated carbocycles. The number of ketones is 1. The highest BCUT2D eigenvalue weighted by molar-refractivity contribution is 5.94. The normalized spacial score (nSPS) is 10.8. The number of nitrogens with one attached hydrogen (secondary N) is 1. The minimum Gasteiger partial charge on any atom is -0.487 e. The predicted molar refractivity (Wildman–Crippen MR) is 92.6 cm³/mol. The first-order valence-corrected chi connectivity index (χ1v) is 8.12. The maximum absolute atomic E-state index is 12.4. The van der Waals surface area contributed by atoms with Crippen molar-refractivity contribution in [3.63, 3.8) is 0 Å². The quantitative estimate of drug-likeness (QED) is 0.714. The number of Topliss-reactive ketones (excluding diaryl/α,β-unsaturated/α-hetero) is 1. The zero-order valence-corrected chi connectivity index (χ0v) is 14.7. The molecule has 1 amide bonds. The molecule has 0 bridgehead atoms. The number of nitrogens with zero attached hydrogens (tertiary/aromatic N) is 2. The second-order valence-electron chi connectivity index (χ2n) is 5.97. The maximum atomic E-state index is 12.4. The molecule has 0 spiro atoms. The lowest BCUT2D eigenvalue weighted by Gasteiger charge is -2.24. The summed E-state index contributed by atoms with van der Waals surface area (Å²) in [5.41, 5.74) is 1.50. The summed E-state index contributed by atoms with van der Waals surface area (Å²) in [6.45, 7) is 5.62. The monoisotopic (exact) mass is 345 g/mol. The Balaban J connectivity index is 2.03. The van der Waals surface area contributed by atoms with Crippen LogP contribution in [0.3, 0.4) is 0 Å². The van der Waals surface area contributed by atoms with Gasteiger partial charge >= 0.3 is 0 Å². The van der Waals surface area contributed by atoms with Crippen molar-refractivity contribution in [3.8, 4) is 5.75 Å². The Morgan fingerprint density at radius 2 is 2.08 bits per heavy atom. The van der Waals surface area contributed by atoms with Gasteiger partial charge in [-0.05, 0) is 39.0 Å². The fourth-order valence-corrected chi connectivity index (χ4v) is 2.36. The van der Waals surface area contributed by atoms with Crippen LogP contribution in [0.25, 0.3) is 0 Å². The number of aliphatic hydroxyl groups is 1. The molecule has 1 aromatic carbocycles. The molecule has 0 aliphatic rings. The smallest absolute Gasteiger partial charge is 0.274 e. The van der Waals surface area contributed by atoms with Crippen LogP contribution in [0.2, 0.25) is 0 Å². The molecule has 2 aromatic rings. The lowest BCUT2D eigenvalue weighted by Crippen LogP contribution is -2.39. The zero-order chi connectivity index (χ0) is 18.4. The van der Waals surface area contributed by atoms with Crippen molar-refractivity contribution < 1.29 is 19.4 Å². The number of aromatic nitrogens is 2. The molecule has 1 heterocycles. The van der Waals surface area contributed by atoms with Crippen LogP contribution >= 0.6 is 0 Å². The van der Waals surface area contributed by atoms with Crippen LogP contribution in [0.1, 0.15) is 47.3 Å². The van der Waals surface area contributed by atoms with Crippen molar-refractivity contribution in [2.45, 2.75) is 33.4 Å². The number of amides is 1. The molecular formula is C18H23N3O4. The molecular weight excluding hydrogens is 322 g/mol. The van der Waals surface area contributed by atoms with Crippen molar-refractivity contribution in [1.82, 2.24) is 15.1 Å². The third kappa shape index (κ3) is 4.90. The first kappa shape index (κ1) is 18.7. The largest absolute Gasteiger partial charge is 0.487 e. The number of carbonyl (C=O) groups is 2. The number of hydrogen-bond donors (Lipinski definition) is 2. The van der Waals surface area contributed by atoms with Crippen LogP contribution in [0.4, 0.5) is 0 Å². The summed E-state index contributed by atoms with van der Waals surface area (Å²) in [6.07, 6.45) is 0. The van der Waals surface area contributed by atoms with E-state index in [9.17, 15) is 9.59 Å². The van der Waals surface area contributed by atoms with Crippen molar-refractivity contribution in [2.75, 3.05) is 13.2 Å². The van der Waals surface area contributed by atoms with E-state index in [4.69, 9.17) is 9.84 Å². The maximum Gasteiger partial charge on any atom is 0.274 e. The Morgan fingerprint density at radius 1 is 1.32 bits per heavy atom. The second-order valence-corrected chi connectivity index (χ2v) is 5.97. The van der Waals surface area contributed by atoms with Crippen LogP contribution in [-0.4, -0.2) is 51.1 Å². The number of ether oxygens (including phenoxy) is 1. The summed E-state index contributed by atoms with van der Waals surface area (Å²) in [7, 11) is 0. The van der Waals surface area contributed by atoms with Gasteiger partial charge in [0.15, 0.2) is 11.5 Å². The van der Waals surface area contributed by atoms with Crippen molar-refractivity contribution in [1.29, 1.82) is 0 Å². The SMILES string of the molecule is CC(=O)c1cccc(OCc2cc(C(=O)N(CCO)C(C)C)n[nH]2)c1. The molecule has 7 heteroatoms. The highest BCUT2D eigenvalue weighted by atomic mass is 16.5. The summed E-state index contributed by atoms with van der Waals surface area (Å²) in [4.78, 5) is 25.4. The molecule has 1 aromatic heterocycles. The van der Waals surface area contributed by atoms with Crippen LogP contribution in [0.5, 0.6) is 5.75 Å². The van der Waals surface area contributed by atoms with E-state index in [1.165, 1.54) is 6.92 Å². The molecule has 0 atom stereocenters. The van der Waals surface area contributed by atoms with Crippen LogP contribution in [0, 0.1) is 0 Å². The van der Waals surface area contributed by atoms with E-state index in [0.717, 1.165) is 0 Å². The topological polar surface area (TPSA) is 95.5 Å². The second kappa shape index (κ2) is 8.43. The third-order valence-corrected chi connectivity index (χ3v) is 3.71. The van der Waals surface area contributed by atoms with Gasteiger partial charge in [-0.2, -0.15) is 5.10 Å². The highest BCUT2D eigenvalue weighted by Gasteiger charge is 2.20. The molecule has 0 radical (unpaired) electrons. The summed E-state index contributed by atoms with van der Waals surface area (Å²) < 4.78 is 5.64. The molecule has 0 fully saturated rings. The van der Waals surface area contributed by atoms with Crippen molar-refractivity contribution in [3.05, 3.63) is 47.3 Å². The summed E-state index contributed by atoms with van der Waals surface area (Å²) in [5, 5.41) is 15.9. The Labute approximate surface area is 146 Å². The zero-order valence-electron chi connectivity index (χ0n) is 14.7. The Kier molecular flexibility index (Phi) is 6.30. The van der Waals surface area contributed by atoms with Gasteiger partial charge in [0, 0.05) is 18.2 Å². The van der Waals surface area contributed by atoms with Crippen LogP contribution < -0.4 is 4.74 Å². The van der Waals surface area contributed by atoms with Gasteiger partial charge < -0.3 is 14.7 Å². The van der Waals surface area contributed by atoms with E-state index < -0.39 is 0 Å². The number of aromatic amines is 1. The lowest BCUT2D eigenvalue weighted by molar-refractivity contribution is 0.0659. The van der Waals surface area contributed by atoms with E-state index in [2.05, 4.69) is 10.2 Å². The lowest BCUT2D eigenvalue weighted by atomic mass is 10.1. The summed E-state index contributed by atoms with van der Waals surface area (Å²) in [6, 6.07) is 8.51. The van der Waals surface area contributed by atoms with Crippen molar-refractivity contribution >= 4 is 11.7 Å². The number of hydrogen-bond acceptors (Lipinski definition) is 5. The number of carbonyl (C=O) groups excluding carboxylic acids is 2. The Bertz CT molecular complexity index is 739. The summed E-state index contributed by atoms with van der Waals surface area (Å²) in [5.74, 6) is 0.293. The molecule has 0 saturated heterocycles. The fourth-order valence-electron chi connectivity index (χ4n) is 2.36. The van der Waals surface area contributed by atoms with Gasteiger partial charge in [0.25, 0.3) is 5.91 Å². The number of aliphatic hydroxyl groups excluding tert-OH is 1. The molecule has 134 valence electrons. The van der Waals surface area contributed by atoms with E-state index in [1.54, 1.807) is 35.2 Å². The minimum absolute atomic E-state index is 0.0301. The number of benzene rings is 1. The molecule has 7 nitrogen and oxygen atoms in total. The summed E-state index contributed by atoms with van der Waals surface area (Å²) >= 11 is 0. The molecule has 2 N–H and O–H groups in total. The Hall–Kier alpha value is -2.67. The van der Waals surface area contributed by atoms with Gasteiger partial charge in [0.2, 0.25) is 0 Å². The van der Waals surface area contributed by atoms with Crippen molar-refractivity contribution in [2.24, 2.45) is 0 Å². The average molecular weight is 345 g/mol. The van der Waals surface area contributed by atoms with Crippen LogP contribution in [0.15, 0.2) is 30.3 Å². The average Bonchev–Trinajstić information content (AvgIpc) is 3.06. The van der Waals surface area contributed by atoms with Gasteiger partial charge in [0.05, 0.1) is 12.3 Å². The molecule has 2 rings (SSSR count). The Morgan fingerprint density at radius 3 is 2.72 bits per heavy atom. The first-order chi connectivity index (χ1) is 11.9. The highest BCUT2D eigenvalue weighted by Crippen LogP contribution is 2.16. The van der Waals surface area contributed by atoms with E-state index in [1.807, 2.05) is 13.8 Å². The molecule has 0 aliphatic heterocycles. The standard InChI is InChI=1S/C18H23N3O4/c1-12(2)21(7-8-22)18(24)17-10-15(19-20-17)11-25-16-6-4-5-14(9-16)13(3)23/h4-6,9-10,12,22H,7-8,11H2,1-3H3,(H,19,20). The van der Waals surface area contributed by atoms with Gasteiger partial charge in [-0.3, -0.25) is 14.7 Å². The van der Waals surface area contributed by atoms with Gasteiger partial charge in [-0.1, -0.05) is 12.1 Å². The van der Waals surface area contributed by atoms with E-state index in [0.29, 0.717) is 17.0 Å². The van der Waals surface area contributed by atoms with Gasteiger partial charge in [0.1, 0.15) is 12.4 Å². The van der Waals surface area contributed by atoms with E-state index in [-0.39, 0.29) is 43.2 Å². The number of H-pyrrole nitrogens is 1. The molecule has 25 heavy (non-hydrogen) atoms. The molecule has 0 unspecified atom stereocenters. The predicted octanol–water partition coefficient (Wildman–Crippen LogP) is 2.03. The first-order valence-electron chi connectivity index (χ1n) is 8.12. The van der Waals surface area contributed by atoms with E-state index >= 15 is 0 Å².